The lowest BCUT2D eigenvalue weighted by atomic mass is 10.3. The van der Waals surface area contributed by atoms with Crippen LogP contribution in [0.1, 0.15) is 32.1 Å². The molecule has 0 spiro atoms. The van der Waals surface area contributed by atoms with E-state index in [0.29, 0.717) is 30.8 Å². The fourth-order valence-electron chi connectivity index (χ4n) is 1.90. The molecule has 0 N–H and O–H groups in total. The van der Waals surface area contributed by atoms with Gasteiger partial charge in [-0.1, -0.05) is 0 Å². The Kier molecular flexibility index (Phi) is 21.0. The Morgan fingerprint density at radius 1 is 0.714 bits per heavy atom. The van der Waals surface area contributed by atoms with Gasteiger partial charge in [-0.15, -0.1) is 29.9 Å². The van der Waals surface area contributed by atoms with E-state index in [2.05, 4.69) is 9.47 Å². The van der Waals surface area contributed by atoms with Gasteiger partial charge in [-0.05, 0) is 23.7 Å². The number of carbonyl (C=O) groups is 5. The van der Waals surface area contributed by atoms with Crippen LogP contribution in [0.5, 0.6) is 0 Å². The second-order valence-electron chi connectivity index (χ2n) is 6.32. The summed E-state index contributed by atoms with van der Waals surface area (Å²) in [5, 5.41) is 3.19. The molecule has 0 unspecified atom stereocenters. The SMILES string of the molecule is C#CC(=O)OCCCOC(=O)/C=C/SCCCOC(=O)CCC(=O)OCCCS/C=C/C(=O)OC. The third-order valence-electron chi connectivity index (χ3n) is 3.56. The van der Waals surface area contributed by atoms with Crippen LogP contribution >= 0.6 is 23.5 Å². The van der Waals surface area contributed by atoms with E-state index < -0.39 is 29.8 Å². The largest absolute Gasteiger partial charge is 0.466 e. The number of terminal acetylenes is 1. The average molecular weight is 531 g/mol. The third-order valence-corrected chi connectivity index (χ3v) is 5.26. The highest BCUT2D eigenvalue weighted by Crippen LogP contribution is 2.07. The molecule has 0 fully saturated rings. The molecule has 0 aromatic heterocycles. The number of rotatable bonds is 19. The molecule has 0 radical (unpaired) electrons. The second-order valence-corrected chi connectivity index (χ2v) is 8.35. The molecule has 0 aliphatic heterocycles. The van der Waals surface area contributed by atoms with Gasteiger partial charge >= 0.3 is 29.8 Å². The van der Waals surface area contributed by atoms with E-state index in [1.54, 1.807) is 16.7 Å². The lowest BCUT2D eigenvalue weighted by Gasteiger charge is -2.05. The summed E-state index contributed by atoms with van der Waals surface area (Å²) in [7, 11) is 1.30. The van der Waals surface area contributed by atoms with Crippen LogP contribution in [-0.2, 0) is 47.7 Å². The summed E-state index contributed by atoms with van der Waals surface area (Å²) in [5.74, 6) is 0.430. The maximum Gasteiger partial charge on any atom is 0.384 e. The number of thioether (sulfide) groups is 2. The van der Waals surface area contributed by atoms with Crippen molar-refractivity contribution in [2.24, 2.45) is 0 Å². The van der Waals surface area contributed by atoms with E-state index in [1.807, 2.05) is 0 Å². The topological polar surface area (TPSA) is 132 Å². The molecule has 0 amide bonds. The van der Waals surface area contributed by atoms with Crippen molar-refractivity contribution in [1.29, 1.82) is 0 Å². The number of carbonyl (C=O) groups excluding carboxylic acids is 5. The van der Waals surface area contributed by atoms with E-state index in [4.69, 9.17) is 20.6 Å². The molecule has 0 aromatic rings. The molecule has 35 heavy (non-hydrogen) atoms. The molecule has 0 aliphatic rings. The van der Waals surface area contributed by atoms with Gasteiger partial charge in [0.15, 0.2) is 0 Å². The highest BCUT2D eigenvalue weighted by Gasteiger charge is 2.09. The predicted octanol–water partition coefficient (Wildman–Crippen LogP) is 2.41. The number of methoxy groups -OCH3 is 1. The summed E-state index contributed by atoms with van der Waals surface area (Å²) in [6.45, 7) is 0.607. The first kappa shape index (κ1) is 32.1. The van der Waals surface area contributed by atoms with Crippen LogP contribution in [0.4, 0.5) is 0 Å². The van der Waals surface area contributed by atoms with Gasteiger partial charge in [0.05, 0.1) is 46.4 Å². The van der Waals surface area contributed by atoms with Crippen molar-refractivity contribution in [3.63, 3.8) is 0 Å². The molecule has 0 aliphatic carbocycles. The molecule has 12 heteroatoms. The summed E-state index contributed by atoms with van der Waals surface area (Å²) in [6, 6.07) is 0. The van der Waals surface area contributed by atoms with E-state index in [1.165, 1.54) is 42.8 Å². The Bertz CT molecular complexity index is 771. The maximum atomic E-state index is 11.7. The Hall–Kier alpha value is -2.91. The van der Waals surface area contributed by atoms with E-state index in [-0.39, 0.29) is 39.3 Å². The molecule has 0 atom stereocenters. The van der Waals surface area contributed by atoms with Crippen molar-refractivity contribution in [2.45, 2.75) is 32.1 Å². The van der Waals surface area contributed by atoms with E-state index in [0.717, 1.165) is 0 Å². The minimum Gasteiger partial charge on any atom is -0.466 e. The normalized spacial score (nSPS) is 10.5. The first-order chi connectivity index (χ1) is 16.9. The molecule has 0 bridgehead atoms. The standard InChI is InChI=1S/C23H30O10S2/c1-3-19(24)30-11-4-12-31-23(28)10-18-35-16-6-14-33-22(27)8-7-21(26)32-13-5-15-34-17-9-20(25)29-2/h1,9-10,17-18H,4-8,11-16H2,2H3/b17-9+,18-10+. The molecular formula is C23H30O10S2. The zero-order valence-corrected chi connectivity index (χ0v) is 21.2. The van der Waals surface area contributed by atoms with Gasteiger partial charge in [-0.2, -0.15) is 0 Å². The molecule has 10 nitrogen and oxygen atoms in total. The van der Waals surface area contributed by atoms with Gasteiger partial charge in [0.25, 0.3) is 0 Å². The first-order valence-corrected chi connectivity index (χ1v) is 12.7. The predicted molar refractivity (Wildman–Crippen MR) is 131 cm³/mol. The minimum atomic E-state index is -0.758. The fraction of sp³-hybridized carbons (Fsp3) is 0.522. The Morgan fingerprint density at radius 2 is 1.20 bits per heavy atom. The summed E-state index contributed by atoms with van der Waals surface area (Å²) in [4.78, 5) is 56.3. The van der Waals surface area contributed by atoms with Gasteiger partial charge < -0.3 is 23.7 Å². The van der Waals surface area contributed by atoms with Crippen molar-refractivity contribution in [1.82, 2.24) is 0 Å². The van der Waals surface area contributed by atoms with Gasteiger partial charge in [0, 0.05) is 36.0 Å². The van der Waals surface area contributed by atoms with Gasteiger partial charge in [0.2, 0.25) is 0 Å². The fourth-order valence-corrected chi connectivity index (χ4v) is 3.16. The molecule has 0 rings (SSSR count). The summed E-state index contributed by atoms with van der Waals surface area (Å²) >= 11 is 2.75. The summed E-state index contributed by atoms with van der Waals surface area (Å²) in [6.07, 6.45) is 8.83. The van der Waals surface area contributed by atoms with Crippen LogP contribution in [0, 0.1) is 12.3 Å². The molecule has 0 aromatic carbocycles. The van der Waals surface area contributed by atoms with Crippen molar-refractivity contribution in [2.75, 3.05) is 45.0 Å². The lowest BCUT2D eigenvalue weighted by Crippen LogP contribution is -2.12. The quantitative estimate of drug-likeness (QED) is 0.0607. The van der Waals surface area contributed by atoms with Crippen LogP contribution in [0.25, 0.3) is 0 Å². The molecular weight excluding hydrogens is 500 g/mol. The van der Waals surface area contributed by atoms with E-state index >= 15 is 0 Å². The van der Waals surface area contributed by atoms with Crippen LogP contribution in [0.15, 0.2) is 23.0 Å². The van der Waals surface area contributed by atoms with Crippen molar-refractivity contribution >= 4 is 53.4 Å². The Balaban J connectivity index is 3.59. The monoisotopic (exact) mass is 530 g/mol. The van der Waals surface area contributed by atoms with Crippen molar-refractivity contribution < 1.29 is 47.7 Å². The van der Waals surface area contributed by atoms with Crippen LogP contribution in [-0.4, -0.2) is 74.9 Å². The lowest BCUT2D eigenvalue weighted by molar-refractivity contribution is -0.150. The Morgan fingerprint density at radius 3 is 1.71 bits per heavy atom. The summed E-state index contributed by atoms with van der Waals surface area (Å²) in [5.41, 5.74) is 0. The third kappa shape index (κ3) is 22.6. The number of ether oxygens (including phenoxy) is 5. The zero-order chi connectivity index (χ0) is 26.2. The smallest absolute Gasteiger partial charge is 0.384 e. The van der Waals surface area contributed by atoms with Gasteiger partial charge in [0.1, 0.15) is 0 Å². The highest BCUT2D eigenvalue weighted by atomic mass is 32.2. The maximum absolute atomic E-state index is 11.7. The van der Waals surface area contributed by atoms with Crippen molar-refractivity contribution in [3.05, 3.63) is 23.0 Å². The van der Waals surface area contributed by atoms with Gasteiger partial charge in [-0.3, -0.25) is 9.59 Å². The molecule has 0 saturated carbocycles. The van der Waals surface area contributed by atoms with Crippen LogP contribution < -0.4 is 0 Å². The van der Waals surface area contributed by atoms with Gasteiger partial charge in [-0.25, -0.2) is 14.4 Å². The number of hydrogen-bond acceptors (Lipinski definition) is 12. The first-order valence-electron chi connectivity index (χ1n) is 10.6. The molecule has 0 saturated heterocycles. The molecule has 194 valence electrons. The van der Waals surface area contributed by atoms with Crippen molar-refractivity contribution in [3.8, 4) is 12.3 Å². The van der Waals surface area contributed by atoms with Crippen LogP contribution in [0.3, 0.4) is 0 Å². The number of esters is 5. The summed E-state index contributed by atoms with van der Waals surface area (Å²) < 4.78 is 24.1. The number of hydrogen-bond donors (Lipinski definition) is 0. The Labute approximate surface area is 213 Å². The zero-order valence-electron chi connectivity index (χ0n) is 19.6. The minimum absolute atomic E-state index is 0.0554. The van der Waals surface area contributed by atoms with E-state index in [9.17, 15) is 24.0 Å². The van der Waals surface area contributed by atoms with Crippen LogP contribution in [0.2, 0.25) is 0 Å². The molecule has 0 heterocycles. The average Bonchev–Trinajstić information content (AvgIpc) is 2.85. The second kappa shape index (κ2) is 22.9. The highest BCUT2D eigenvalue weighted by molar-refractivity contribution is 8.02.